The largest absolute Gasteiger partial charge is 0.492 e. The summed E-state index contributed by atoms with van der Waals surface area (Å²) in [5.41, 5.74) is 1.06. The second-order valence-corrected chi connectivity index (χ2v) is 12.7. The van der Waals surface area contributed by atoms with Crippen molar-refractivity contribution in [2.24, 2.45) is 5.92 Å². The Morgan fingerprint density at radius 1 is 0.927 bits per heavy atom. The lowest BCUT2D eigenvalue weighted by molar-refractivity contribution is -0.139. The molecule has 0 bridgehead atoms. The molecule has 2 amide bonds. The van der Waals surface area contributed by atoms with Gasteiger partial charge in [0.2, 0.25) is 11.8 Å². The Balaban J connectivity index is 2.05. The zero-order valence-electron chi connectivity index (χ0n) is 24.2. The molecule has 0 aliphatic carbocycles. The Bertz CT molecular complexity index is 1400. The van der Waals surface area contributed by atoms with Crippen molar-refractivity contribution in [1.82, 2.24) is 10.2 Å². The number of hydrogen-bond donors (Lipinski definition) is 1. The molecule has 3 aromatic rings. The smallest absolute Gasteiger partial charge is 0.264 e. The van der Waals surface area contributed by atoms with Crippen LogP contribution in [0.5, 0.6) is 5.75 Å². The third kappa shape index (κ3) is 8.50. The fourth-order valence-electron chi connectivity index (χ4n) is 4.14. The summed E-state index contributed by atoms with van der Waals surface area (Å²) in [4.78, 5) is 29.5. The van der Waals surface area contributed by atoms with E-state index in [1.54, 1.807) is 50.2 Å². The zero-order chi connectivity index (χ0) is 30.0. The van der Waals surface area contributed by atoms with Gasteiger partial charge < -0.3 is 15.0 Å². The van der Waals surface area contributed by atoms with Crippen LogP contribution in [0.2, 0.25) is 0 Å². The first kappa shape index (κ1) is 32.0. The standard InChI is InChI=1S/C31H39N3O5S2/c1-6-39-29-15-11-10-14-28(29)34(41(37,38)27-18-16-26(40-5)17-19-27)22-30(35)33(21-25-12-8-7-9-13-25)24(4)31(36)32-20-23(2)3/h7-19,23-24H,6,20-22H2,1-5H3,(H,32,36)/t24-/m1/s1. The van der Waals surface area contributed by atoms with Gasteiger partial charge in [0.1, 0.15) is 18.3 Å². The van der Waals surface area contributed by atoms with Crippen molar-refractivity contribution < 1.29 is 22.7 Å². The lowest BCUT2D eigenvalue weighted by Crippen LogP contribution is -2.51. The number of hydrogen-bond acceptors (Lipinski definition) is 6. The van der Waals surface area contributed by atoms with Crippen molar-refractivity contribution in [1.29, 1.82) is 0 Å². The molecular formula is C31H39N3O5S2. The number of ether oxygens (including phenoxy) is 1. The van der Waals surface area contributed by atoms with Gasteiger partial charge in [-0.05, 0) is 68.0 Å². The summed E-state index contributed by atoms with van der Waals surface area (Å²) in [5, 5.41) is 2.89. The minimum Gasteiger partial charge on any atom is -0.492 e. The van der Waals surface area contributed by atoms with Gasteiger partial charge in [-0.15, -0.1) is 11.8 Å². The molecule has 8 nitrogen and oxygen atoms in total. The highest BCUT2D eigenvalue weighted by Gasteiger charge is 2.33. The van der Waals surface area contributed by atoms with Crippen LogP contribution in [0, 0.1) is 5.92 Å². The van der Waals surface area contributed by atoms with Crippen molar-refractivity contribution in [2.75, 3.05) is 30.3 Å². The van der Waals surface area contributed by atoms with Gasteiger partial charge in [0.05, 0.1) is 17.2 Å². The van der Waals surface area contributed by atoms with E-state index in [0.717, 1.165) is 14.8 Å². The van der Waals surface area contributed by atoms with Gasteiger partial charge in [-0.3, -0.25) is 13.9 Å². The van der Waals surface area contributed by atoms with Crippen molar-refractivity contribution in [3.8, 4) is 5.75 Å². The Hall–Kier alpha value is -3.50. The van der Waals surface area contributed by atoms with Gasteiger partial charge in [0.25, 0.3) is 10.0 Å². The number of anilines is 1. The Morgan fingerprint density at radius 2 is 1.56 bits per heavy atom. The Kier molecular flexibility index (Phi) is 11.7. The summed E-state index contributed by atoms with van der Waals surface area (Å²) in [5.74, 6) is -0.251. The molecule has 220 valence electrons. The molecule has 0 heterocycles. The first-order chi connectivity index (χ1) is 19.6. The van der Waals surface area contributed by atoms with Crippen LogP contribution < -0.4 is 14.4 Å². The molecular weight excluding hydrogens is 558 g/mol. The Labute approximate surface area is 248 Å². The van der Waals surface area contributed by atoms with Gasteiger partial charge in [-0.2, -0.15) is 0 Å². The molecule has 3 rings (SSSR count). The van der Waals surface area contributed by atoms with E-state index >= 15 is 0 Å². The number of amides is 2. The van der Waals surface area contributed by atoms with E-state index in [1.807, 2.05) is 50.4 Å². The molecule has 0 saturated carbocycles. The molecule has 3 aromatic carbocycles. The molecule has 0 aromatic heterocycles. The molecule has 0 fully saturated rings. The van der Waals surface area contributed by atoms with E-state index < -0.39 is 28.5 Å². The van der Waals surface area contributed by atoms with Crippen LogP contribution in [0.15, 0.2) is 88.7 Å². The van der Waals surface area contributed by atoms with Gasteiger partial charge >= 0.3 is 0 Å². The summed E-state index contributed by atoms with van der Waals surface area (Å²) < 4.78 is 35.0. The number of thioether (sulfide) groups is 1. The van der Waals surface area contributed by atoms with Crippen LogP contribution in [-0.2, 0) is 26.2 Å². The highest BCUT2D eigenvalue weighted by Crippen LogP contribution is 2.33. The van der Waals surface area contributed by atoms with E-state index in [-0.39, 0.29) is 29.0 Å². The number of carbonyl (C=O) groups is 2. The summed E-state index contributed by atoms with van der Waals surface area (Å²) >= 11 is 1.50. The highest BCUT2D eigenvalue weighted by molar-refractivity contribution is 7.98. The summed E-state index contributed by atoms with van der Waals surface area (Å²) in [7, 11) is -4.19. The maximum absolute atomic E-state index is 14.1. The quantitative estimate of drug-likeness (QED) is 0.257. The first-order valence-corrected chi connectivity index (χ1v) is 16.2. The van der Waals surface area contributed by atoms with Crippen LogP contribution in [0.4, 0.5) is 5.69 Å². The van der Waals surface area contributed by atoms with Crippen molar-refractivity contribution >= 4 is 39.3 Å². The van der Waals surface area contributed by atoms with Gasteiger partial charge in [-0.1, -0.05) is 56.3 Å². The normalized spacial score (nSPS) is 12.0. The zero-order valence-corrected chi connectivity index (χ0v) is 25.9. The number of benzene rings is 3. The predicted molar refractivity (Wildman–Crippen MR) is 165 cm³/mol. The van der Waals surface area contributed by atoms with Crippen LogP contribution in [0.25, 0.3) is 0 Å². The van der Waals surface area contributed by atoms with Crippen molar-refractivity contribution in [3.05, 3.63) is 84.4 Å². The van der Waals surface area contributed by atoms with E-state index in [2.05, 4.69) is 5.32 Å². The fourth-order valence-corrected chi connectivity index (χ4v) is 5.98. The maximum atomic E-state index is 14.1. The van der Waals surface area contributed by atoms with E-state index in [0.29, 0.717) is 18.9 Å². The van der Waals surface area contributed by atoms with Crippen molar-refractivity contribution in [3.63, 3.8) is 0 Å². The van der Waals surface area contributed by atoms with Crippen LogP contribution in [-0.4, -0.2) is 57.1 Å². The van der Waals surface area contributed by atoms with Crippen LogP contribution in [0.1, 0.15) is 33.3 Å². The summed E-state index contributed by atoms with van der Waals surface area (Å²) in [6.07, 6.45) is 1.91. The molecule has 1 N–H and O–H groups in total. The van der Waals surface area contributed by atoms with Gasteiger partial charge in [0, 0.05) is 18.0 Å². The lowest BCUT2D eigenvalue weighted by Gasteiger charge is -2.32. The second-order valence-electron chi connectivity index (χ2n) is 9.91. The Morgan fingerprint density at radius 3 is 2.17 bits per heavy atom. The molecule has 0 spiro atoms. The molecule has 0 aliphatic heterocycles. The third-order valence-electron chi connectivity index (χ3n) is 6.41. The average Bonchev–Trinajstić information content (AvgIpc) is 2.98. The van der Waals surface area contributed by atoms with E-state index in [4.69, 9.17) is 4.74 Å². The highest BCUT2D eigenvalue weighted by atomic mass is 32.2. The number of carbonyl (C=O) groups excluding carboxylic acids is 2. The molecule has 0 unspecified atom stereocenters. The molecule has 0 aliphatic rings. The summed E-state index contributed by atoms with van der Waals surface area (Å²) in [6, 6.07) is 21.7. The van der Waals surface area contributed by atoms with Crippen molar-refractivity contribution in [2.45, 2.75) is 50.1 Å². The molecule has 0 radical (unpaired) electrons. The fraction of sp³-hybridized carbons (Fsp3) is 0.355. The summed E-state index contributed by atoms with van der Waals surface area (Å²) in [6.45, 7) is 7.83. The molecule has 1 atom stereocenters. The van der Waals surface area contributed by atoms with E-state index in [9.17, 15) is 18.0 Å². The third-order valence-corrected chi connectivity index (χ3v) is 8.93. The van der Waals surface area contributed by atoms with E-state index in [1.165, 1.54) is 28.8 Å². The topological polar surface area (TPSA) is 96.0 Å². The van der Waals surface area contributed by atoms with Crippen LogP contribution in [0.3, 0.4) is 0 Å². The maximum Gasteiger partial charge on any atom is 0.264 e. The molecule has 10 heteroatoms. The minimum atomic E-state index is -4.19. The molecule has 0 saturated heterocycles. The SMILES string of the molecule is CCOc1ccccc1N(CC(=O)N(Cc1ccccc1)[C@H](C)C(=O)NCC(C)C)S(=O)(=O)c1ccc(SC)cc1. The molecule has 41 heavy (non-hydrogen) atoms. The average molecular weight is 598 g/mol. The number of nitrogens with zero attached hydrogens (tertiary/aromatic N) is 2. The number of nitrogens with one attached hydrogen (secondary N) is 1. The van der Waals surface area contributed by atoms with Gasteiger partial charge in [0.15, 0.2) is 0 Å². The lowest BCUT2D eigenvalue weighted by atomic mass is 10.1. The number of para-hydroxylation sites is 2. The predicted octanol–water partition coefficient (Wildman–Crippen LogP) is 5.19. The number of rotatable bonds is 14. The van der Waals surface area contributed by atoms with Gasteiger partial charge in [-0.25, -0.2) is 8.42 Å². The monoisotopic (exact) mass is 597 g/mol. The number of sulfonamides is 1. The minimum absolute atomic E-state index is 0.0479. The van der Waals surface area contributed by atoms with Crippen LogP contribution >= 0.6 is 11.8 Å². The first-order valence-electron chi connectivity index (χ1n) is 13.6. The second kappa shape index (κ2) is 14.9.